The second kappa shape index (κ2) is 8.82. The summed E-state index contributed by atoms with van der Waals surface area (Å²) in [5.74, 6) is -0.444. The molecule has 2 aromatic carbocycles. The number of rotatable bonds is 5. The third-order valence-corrected chi connectivity index (χ3v) is 7.66. The van der Waals surface area contributed by atoms with Crippen LogP contribution in [0.4, 0.5) is 5.69 Å². The first-order valence-corrected chi connectivity index (χ1v) is 12.5. The fraction of sp³-hybridized carbons (Fsp3) is 0.250. The Bertz CT molecular complexity index is 1420. The molecule has 2 amide bonds. The average molecular weight is 485 g/mol. The first kappa shape index (κ1) is 23.1. The van der Waals surface area contributed by atoms with Crippen LogP contribution in [0.5, 0.6) is 0 Å². The molecule has 1 aliphatic rings. The summed E-state index contributed by atoms with van der Waals surface area (Å²) in [6, 6.07) is 19.7. The molecule has 0 unspecified atom stereocenters. The van der Waals surface area contributed by atoms with E-state index in [0.29, 0.717) is 12.2 Å². The summed E-state index contributed by atoms with van der Waals surface area (Å²) in [5, 5.41) is 9.79. The number of fused-ring (bicyclic) bond motifs is 1. The molecule has 7 heteroatoms. The van der Waals surface area contributed by atoms with Crippen LogP contribution in [-0.2, 0) is 17.9 Å². The van der Waals surface area contributed by atoms with E-state index in [9.17, 15) is 9.59 Å². The highest BCUT2D eigenvalue weighted by Crippen LogP contribution is 2.37. The Morgan fingerprint density at radius 1 is 1.09 bits per heavy atom. The summed E-state index contributed by atoms with van der Waals surface area (Å²) in [4.78, 5) is 30.4. The molecule has 5 rings (SSSR count). The van der Waals surface area contributed by atoms with Gasteiger partial charge in [-0.05, 0) is 68.0 Å². The van der Waals surface area contributed by atoms with Crippen LogP contribution in [0.2, 0.25) is 0 Å². The average Bonchev–Trinajstić information content (AvgIpc) is 3.50. The van der Waals surface area contributed by atoms with Crippen molar-refractivity contribution in [3.63, 3.8) is 0 Å². The van der Waals surface area contributed by atoms with Gasteiger partial charge in [0, 0.05) is 12.2 Å². The van der Waals surface area contributed by atoms with Gasteiger partial charge in [0.1, 0.15) is 16.9 Å². The van der Waals surface area contributed by atoms with Gasteiger partial charge in [-0.15, -0.1) is 11.3 Å². The maximum atomic E-state index is 14.0. The lowest BCUT2D eigenvalue weighted by Gasteiger charge is -2.43. The molecule has 1 atom stereocenters. The number of nitrogens with zero attached hydrogens (tertiary/aromatic N) is 3. The van der Waals surface area contributed by atoms with Gasteiger partial charge < -0.3 is 5.32 Å². The first-order chi connectivity index (χ1) is 16.8. The molecule has 0 radical (unpaired) electrons. The van der Waals surface area contributed by atoms with E-state index in [0.717, 1.165) is 38.5 Å². The molecule has 0 aliphatic carbocycles. The lowest BCUT2D eigenvalue weighted by molar-refractivity contribution is -0.126. The van der Waals surface area contributed by atoms with Crippen molar-refractivity contribution in [1.29, 1.82) is 0 Å². The normalized spacial score (nSPS) is 17.4. The fourth-order valence-electron chi connectivity index (χ4n) is 4.68. The molecular weight excluding hydrogens is 456 g/mol. The Kier molecular flexibility index (Phi) is 5.81. The van der Waals surface area contributed by atoms with Gasteiger partial charge in [0.05, 0.1) is 11.4 Å². The standard InChI is InChI=1S/C28H28N4O2S/c1-18-8-5-10-21(14-18)16-29-27(34)28(4)17-31-24(15-22(30-31)25-12-7-13-35-25)26(33)32(28)23-11-6-9-19(2)20(23)3/h5-15H,16-17H2,1-4H3,(H,29,34)/t28-/m1/s1. The van der Waals surface area contributed by atoms with Crippen LogP contribution in [-0.4, -0.2) is 27.1 Å². The van der Waals surface area contributed by atoms with Gasteiger partial charge in [-0.3, -0.25) is 19.2 Å². The number of nitrogens with one attached hydrogen (secondary N) is 1. The predicted molar refractivity (Wildman–Crippen MR) is 140 cm³/mol. The van der Waals surface area contributed by atoms with Crippen LogP contribution >= 0.6 is 11.3 Å². The molecule has 35 heavy (non-hydrogen) atoms. The molecule has 178 valence electrons. The summed E-state index contributed by atoms with van der Waals surface area (Å²) in [7, 11) is 0. The third kappa shape index (κ3) is 4.06. The van der Waals surface area contributed by atoms with Crippen molar-refractivity contribution < 1.29 is 9.59 Å². The molecule has 1 aliphatic heterocycles. The molecule has 0 saturated heterocycles. The zero-order valence-corrected chi connectivity index (χ0v) is 21.1. The number of amides is 2. The van der Waals surface area contributed by atoms with Crippen molar-refractivity contribution in [1.82, 2.24) is 15.1 Å². The highest BCUT2D eigenvalue weighted by atomic mass is 32.1. The topological polar surface area (TPSA) is 67.2 Å². The summed E-state index contributed by atoms with van der Waals surface area (Å²) in [5.41, 5.74) is 5.00. The van der Waals surface area contributed by atoms with Gasteiger partial charge in [-0.1, -0.05) is 48.0 Å². The number of thiophene rings is 1. The Morgan fingerprint density at radius 2 is 1.89 bits per heavy atom. The zero-order valence-electron chi connectivity index (χ0n) is 20.3. The Hall–Kier alpha value is -3.71. The van der Waals surface area contributed by atoms with Crippen molar-refractivity contribution in [2.24, 2.45) is 0 Å². The minimum atomic E-state index is -1.16. The maximum absolute atomic E-state index is 14.0. The molecule has 0 spiro atoms. The number of benzene rings is 2. The van der Waals surface area contributed by atoms with Crippen LogP contribution in [0.1, 0.15) is 39.7 Å². The van der Waals surface area contributed by atoms with E-state index in [1.54, 1.807) is 20.9 Å². The number of aromatic nitrogens is 2. The van der Waals surface area contributed by atoms with Gasteiger partial charge in [-0.25, -0.2) is 0 Å². The molecule has 4 aromatic rings. The molecule has 2 aromatic heterocycles. The second-order valence-corrected chi connectivity index (χ2v) is 10.3. The SMILES string of the molecule is Cc1cccc(CNC(=O)[C@@]2(C)Cn3nc(-c4cccs4)cc3C(=O)N2c2cccc(C)c2C)c1. The number of anilines is 1. The van der Waals surface area contributed by atoms with Crippen molar-refractivity contribution in [3.8, 4) is 10.6 Å². The van der Waals surface area contributed by atoms with Crippen molar-refractivity contribution >= 4 is 28.8 Å². The highest BCUT2D eigenvalue weighted by molar-refractivity contribution is 7.13. The molecule has 1 N–H and O–H groups in total. The van der Waals surface area contributed by atoms with Gasteiger partial charge in [0.2, 0.25) is 5.91 Å². The summed E-state index contributed by atoms with van der Waals surface area (Å²) in [6.45, 7) is 8.50. The first-order valence-electron chi connectivity index (χ1n) is 11.6. The monoisotopic (exact) mass is 484 g/mol. The molecular formula is C28H28N4O2S. The molecule has 0 saturated carbocycles. The number of carbonyl (C=O) groups is 2. The van der Waals surface area contributed by atoms with E-state index in [1.165, 1.54) is 0 Å². The van der Waals surface area contributed by atoms with Crippen molar-refractivity contribution in [3.05, 3.63) is 94.0 Å². The predicted octanol–water partition coefficient (Wildman–Crippen LogP) is 5.27. The van der Waals surface area contributed by atoms with Crippen LogP contribution in [0.3, 0.4) is 0 Å². The lowest BCUT2D eigenvalue weighted by Crippen LogP contribution is -2.64. The van der Waals surface area contributed by atoms with E-state index < -0.39 is 5.54 Å². The minimum Gasteiger partial charge on any atom is -0.350 e. The Morgan fingerprint density at radius 3 is 2.63 bits per heavy atom. The van der Waals surface area contributed by atoms with E-state index in [-0.39, 0.29) is 18.4 Å². The summed E-state index contributed by atoms with van der Waals surface area (Å²) < 4.78 is 1.69. The number of hydrogen-bond acceptors (Lipinski definition) is 4. The summed E-state index contributed by atoms with van der Waals surface area (Å²) in [6.07, 6.45) is 0. The van der Waals surface area contributed by atoms with Crippen molar-refractivity contribution in [2.75, 3.05) is 4.90 Å². The van der Waals surface area contributed by atoms with Gasteiger partial charge in [-0.2, -0.15) is 5.10 Å². The smallest absolute Gasteiger partial charge is 0.277 e. The number of hydrogen-bond donors (Lipinski definition) is 1. The number of aryl methyl sites for hydroxylation is 2. The van der Waals surface area contributed by atoms with E-state index in [1.807, 2.05) is 87.7 Å². The fourth-order valence-corrected chi connectivity index (χ4v) is 5.36. The highest BCUT2D eigenvalue weighted by Gasteiger charge is 2.49. The van der Waals surface area contributed by atoms with Crippen molar-refractivity contribution in [2.45, 2.75) is 46.3 Å². The lowest BCUT2D eigenvalue weighted by atomic mass is 9.92. The van der Waals surface area contributed by atoms with E-state index >= 15 is 0 Å². The molecule has 0 bridgehead atoms. The quantitative estimate of drug-likeness (QED) is 0.420. The van der Waals surface area contributed by atoms with Gasteiger partial charge in [0.15, 0.2) is 0 Å². The minimum absolute atomic E-state index is 0.216. The third-order valence-electron chi connectivity index (χ3n) is 6.77. The Labute approximate surface area is 209 Å². The summed E-state index contributed by atoms with van der Waals surface area (Å²) >= 11 is 1.58. The largest absolute Gasteiger partial charge is 0.350 e. The van der Waals surface area contributed by atoms with Gasteiger partial charge >= 0.3 is 0 Å². The molecule has 6 nitrogen and oxygen atoms in total. The van der Waals surface area contributed by atoms with Crippen LogP contribution in [0.15, 0.2) is 66.0 Å². The molecule has 3 heterocycles. The number of carbonyl (C=O) groups excluding carboxylic acids is 2. The second-order valence-electron chi connectivity index (χ2n) is 9.35. The van der Waals surface area contributed by atoms with E-state index in [4.69, 9.17) is 5.10 Å². The van der Waals surface area contributed by atoms with Crippen LogP contribution in [0, 0.1) is 20.8 Å². The van der Waals surface area contributed by atoms with Crippen LogP contribution < -0.4 is 10.2 Å². The van der Waals surface area contributed by atoms with Gasteiger partial charge in [0.25, 0.3) is 5.91 Å². The maximum Gasteiger partial charge on any atom is 0.277 e. The molecule has 0 fully saturated rings. The Balaban J connectivity index is 1.57. The van der Waals surface area contributed by atoms with E-state index in [2.05, 4.69) is 11.4 Å². The van der Waals surface area contributed by atoms with Crippen LogP contribution in [0.25, 0.3) is 10.6 Å². The zero-order chi connectivity index (χ0) is 24.7.